The van der Waals surface area contributed by atoms with Crippen LogP contribution in [0.1, 0.15) is 37.8 Å². The highest BCUT2D eigenvalue weighted by atomic mass is 16.6. The average Bonchev–Trinajstić information content (AvgIpc) is 3.55. The van der Waals surface area contributed by atoms with E-state index in [0.717, 1.165) is 24.2 Å². The maximum atomic E-state index is 13.1. The minimum absolute atomic E-state index is 0.276. The maximum absolute atomic E-state index is 13.1. The van der Waals surface area contributed by atoms with Crippen LogP contribution in [0.15, 0.2) is 48.5 Å². The molecule has 34 heavy (non-hydrogen) atoms. The summed E-state index contributed by atoms with van der Waals surface area (Å²) in [5, 5.41) is 7.35. The molecule has 2 amide bonds. The molecule has 4 atom stereocenters. The van der Waals surface area contributed by atoms with Gasteiger partial charge in [-0.1, -0.05) is 36.4 Å². The van der Waals surface area contributed by atoms with E-state index < -0.39 is 10.8 Å². The second kappa shape index (κ2) is 7.55. The highest BCUT2D eigenvalue weighted by Crippen LogP contribution is 2.66. The second-order valence-corrected chi connectivity index (χ2v) is 9.41. The number of nitrogens with one attached hydrogen (secondary N) is 2. The molecule has 0 saturated carbocycles. The van der Waals surface area contributed by atoms with Gasteiger partial charge in [0.1, 0.15) is 12.3 Å². The third kappa shape index (κ3) is 2.48. The van der Waals surface area contributed by atoms with Crippen molar-refractivity contribution in [3.05, 3.63) is 59.7 Å². The van der Waals surface area contributed by atoms with Gasteiger partial charge in [0.25, 0.3) is 0 Å². The van der Waals surface area contributed by atoms with E-state index in [2.05, 4.69) is 47.0 Å². The third-order valence-corrected chi connectivity index (χ3v) is 8.25. The molecule has 6 rings (SSSR count). The van der Waals surface area contributed by atoms with Crippen LogP contribution in [0.3, 0.4) is 0 Å². The smallest absolute Gasteiger partial charge is 0.411 e. The summed E-state index contributed by atoms with van der Waals surface area (Å²) < 4.78 is 10.9. The van der Waals surface area contributed by atoms with Gasteiger partial charge in [-0.05, 0) is 49.9 Å². The molecule has 0 aromatic heterocycles. The van der Waals surface area contributed by atoms with Gasteiger partial charge in [0.05, 0.1) is 24.0 Å². The van der Waals surface area contributed by atoms with Crippen molar-refractivity contribution >= 4 is 23.6 Å². The van der Waals surface area contributed by atoms with E-state index in [4.69, 9.17) is 9.47 Å². The zero-order valence-electron chi connectivity index (χ0n) is 19.5. The van der Waals surface area contributed by atoms with Crippen LogP contribution in [0.4, 0.5) is 21.0 Å². The molecule has 178 valence electrons. The maximum Gasteiger partial charge on any atom is 0.411 e. The molecule has 0 spiro atoms. The van der Waals surface area contributed by atoms with Gasteiger partial charge in [0.2, 0.25) is 0 Å². The molecule has 8 heteroatoms. The molecule has 0 aliphatic carbocycles. The Balaban J connectivity index is 1.56. The Morgan fingerprint density at radius 1 is 0.794 bits per heavy atom. The molecular formula is C26H30N4O4. The van der Waals surface area contributed by atoms with Crippen molar-refractivity contribution in [2.45, 2.75) is 49.9 Å². The van der Waals surface area contributed by atoms with Crippen molar-refractivity contribution in [2.24, 2.45) is 0 Å². The van der Waals surface area contributed by atoms with Crippen LogP contribution in [-0.2, 0) is 20.3 Å². The molecule has 2 N–H and O–H groups in total. The van der Waals surface area contributed by atoms with Gasteiger partial charge in [-0.25, -0.2) is 9.59 Å². The topological polar surface area (TPSA) is 83.1 Å². The number of anilines is 2. The highest BCUT2D eigenvalue weighted by molar-refractivity contribution is 5.79. The number of amides is 2. The van der Waals surface area contributed by atoms with Crippen LogP contribution in [0.2, 0.25) is 0 Å². The Labute approximate surface area is 199 Å². The van der Waals surface area contributed by atoms with Crippen molar-refractivity contribution in [1.29, 1.82) is 0 Å². The number of likely N-dealkylation sites (tertiary alicyclic amines) is 2. The summed E-state index contributed by atoms with van der Waals surface area (Å²) in [4.78, 5) is 29.8. The first-order valence-corrected chi connectivity index (χ1v) is 12.2. The fourth-order valence-electron chi connectivity index (χ4n) is 7.13. The van der Waals surface area contributed by atoms with Crippen LogP contribution >= 0.6 is 0 Å². The SMILES string of the molecule is CCOC(=O)N1CC[C@@]2([C@@]34CCN(C(=O)OCC)[C@@H]3Nc3ccccc34)c3ccccc3N[C@@H]12. The summed E-state index contributed by atoms with van der Waals surface area (Å²) in [6.07, 6.45) is 0.375. The standard InChI is InChI=1S/C26H30N4O4/c1-3-33-23(31)29-15-13-25(17-9-5-7-11-19(17)27-21(25)29)26-14-16-30(24(32)34-4-2)22(26)28-20-12-8-6-10-18(20)26/h5-12,21-22,27-28H,3-4,13-16H2,1-2H3/t21-,22-,25+,26+/m0/s1. The Morgan fingerprint density at radius 3 is 1.62 bits per heavy atom. The zero-order chi connectivity index (χ0) is 23.5. The molecule has 8 nitrogen and oxygen atoms in total. The second-order valence-electron chi connectivity index (χ2n) is 9.41. The van der Waals surface area contributed by atoms with E-state index in [9.17, 15) is 9.59 Å². The van der Waals surface area contributed by atoms with Crippen molar-refractivity contribution in [3.63, 3.8) is 0 Å². The summed E-state index contributed by atoms with van der Waals surface area (Å²) in [5.41, 5.74) is 3.58. The number of ether oxygens (including phenoxy) is 2. The van der Waals surface area contributed by atoms with Crippen molar-refractivity contribution in [1.82, 2.24) is 9.80 Å². The Hall–Kier alpha value is -3.42. The molecule has 0 bridgehead atoms. The third-order valence-electron chi connectivity index (χ3n) is 8.25. The lowest BCUT2D eigenvalue weighted by Gasteiger charge is -2.48. The van der Waals surface area contributed by atoms with Gasteiger partial charge in [0, 0.05) is 24.5 Å². The van der Waals surface area contributed by atoms with E-state index in [0.29, 0.717) is 26.3 Å². The summed E-state index contributed by atoms with van der Waals surface area (Å²) in [7, 11) is 0. The predicted octanol–water partition coefficient (Wildman–Crippen LogP) is 4.09. The Bertz CT molecular complexity index is 1070. The fraction of sp³-hybridized carbons (Fsp3) is 0.462. The number of rotatable bonds is 3. The van der Waals surface area contributed by atoms with Gasteiger partial charge in [-0.3, -0.25) is 9.80 Å². The van der Waals surface area contributed by atoms with Gasteiger partial charge >= 0.3 is 12.2 Å². The monoisotopic (exact) mass is 462 g/mol. The van der Waals surface area contributed by atoms with Crippen LogP contribution in [-0.4, -0.2) is 60.6 Å². The van der Waals surface area contributed by atoms with Gasteiger partial charge in [-0.2, -0.15) is 0 Å². The molecule has 2 fully saturated rings. The molecule has 0 unspecified atom stereocenters. The predicted molar refractivity (Wildman–Crippen MR) is 128 cm³/mol. The number of benzene rings is 2. The van der Waals surface area contributed by atoms with Gasteiger partial charge in [-0.15, -0.1) is 0 Å². The number of para-hydroxylation sites is 2. The van der Waals surface area contributed by atoms with E-state index >= 15 is 0 Å². The first-order valence-electron chi connectivity index (χ1n) is 12.2. The molecular weight excluding hydrogens is 432 g/mol. The summed E-state index contributed by atoms with van der Waals surface area (Å²) in [5.74, 6) is 0. The highest BCUT2D eigenvalue weighted by Gasteiger charge is 2.73. The van der Waals surface area contributed by atoms with E-state index in [-0.39, 0.29) is 24.5 Å². The Kier molecular flexibility index (Phi) is 4.69. The molecule has 4 aliphatic heterocycles. The zero-order valence-corrected chi connectivity index (χ0v) is 19.5. The number of carbonyl (C=O) groups excluding carboxylic acids is 2. The normalized spacial score (nSPS) is 30.1. The van der Waals surface area contributed by atoms with E-state index in [1.165, 1.54) is 11.1 Å². The minimum Gasteiger partial charge on any atom is -0.450 e. The van der Waals surface area contributed by atoms with Crippen molar-refractivity contribution < 1.29 is 19.1 Å². The van der Waals surface area contributed by atoms with Crippen LogP contribution in [0.25, 0.3) is 0 Å². The van der Waals surface area contributed by atoms with Gasteiger partial charge in [0.15, 0.2) is 0 Å². The largest absolute Gasteiger partial charge is 0.450 e. The number of fused-ring (bicyclic) bond motifs is 7. The average molecular weight is 463 g/mol. The lowest BCUT2D eigenvalue weighted by Crippen LogP contribution is -2.61. The molecule has 4 heterocycles. The number of hydrogen-bond donors (Lipinski definition) is 2. The van der Waals surface area contributed by atoms with Crippen LogP contribution in [0, 0.1) is 0 Å². The lowest BCUT2D eigenvalue weighted by molar-refractivity contribution is 0.0795. The summed E-state index contributed by atoms with van der Waals surface area (Å²) in [6.45, 7) is 5.49. The van der Waals surface area contributed by atoms with Gasteiger partial charge < -0.3 is 20.1 Å². The first kappa shape index (κ1) is 21.1. The number of hydrogen-bond acceptors (Lipinski definition) is 6. The van der Waals surface area contributed by atoms with Crippen molar-refractivity contribution in [3.8, 4) is 0 Å². The fourth-order valence-corrected chi connectivity index (χ4v) is 7.13. The van der Waals surface area contributed by atoms with E-state index in [1.54, 1.807) is 0 Å². The summed E-state index contributed by atoms with van der Waals surface area (Å²) >= 11 is 0. The number of nitrogens with zero attached hydrogens (tertiary/aromatic N) is 2. The van der Waals surface area contributed by atoms with E-state index in [1.807, 2.05) is 35.8 Å². The Morgan fingerprint density at radius 2 is 1.21 bits per heavy atom. The quantitative estimate of drug-likeness (QED) is 0.715. The molecule has 0 radical (unpaired) electrons. The van der Waals surface area contributed by atoms with Crippen LogP contribution < -0.4 is 10.6 Å². The number of carbonyl (C=O) groups is 2. The molecule has 2 aromatic carbocycles. The van der Waals surface area contributed by atoms with Crippen LogP contribution in [0.5, 0.6) is 0 Å². The molecule has 2 aromatic rings. The lowest BCUT2D eigenvalue weighted by atomic mass is 9.55. The first-order chi connectivity index (χ1) is 16.6. The molecule has 4 aliphatic rings. The van der Waals surface area contributed by atoms with Crippen molar-refractivity contribution in [2.75, 3.05) is 36.9 Å². The molecule has 2 saturated heterocycles. The summed E-state index contributed by atoms with van der Waals surface area (Å²) in [6, 6.07) is 16.7. The minimum atomic E-state index is -0.443.